The van der Waals surface area contributed by atoms with Crippen molar-refractivity contribution in [3.8, 4) is 0 Å². The number of methoxy groups -OCH3 is 1. The Morgan fingerprint density at radius 3 is 2.46 bits per heavy atom. The van der Waals surface area contributed by atoms with E-state index in [9.17, 15) is 31.9 Å². The molecule has 1 aliphatic heterocycles. The Morgan fingerprint density at radius 1 is 1.10 bits per heavy atom. The van der Waals surface area contributed by atoms with Gasteiger partial charge in [-0.3, -0.25) is 19.3 Å². The highest BCUT2D eigenvalue weighted by atomic mass is 19.4. The van der Waals surface area contributed by atoms with Crippen LogP contribution < -0.4 is 5.32 Å². The monoisotopic (exact) mass is 549 g/mol. The van der Waals surface area contributed by atoms with Crippen molar-refractivity contribution in [2.24, 2.45) is 0 Å². The molecule has 2 aromatic rings. The minimum absolute atomic E-state index is 0.189. The summed E-state index contributed by atoms with van der Waals surface area (Å²) in [5, 5.41) is 2.48. The summed E-state index contributed by atoms with van der Waals surface area (Å²) in [6.07, 6.45) is -1.73. The minimum atomic E-state index is -4.68. The first-order valence-electron chi connectivity index (χ1n) is 12.5. The first kappa shape index (κ1) is 29.8. The highest BCUT2D eigenvalue weighted by Gasteiger charge is 2.36. The maximum atomic E-state index is 14.0. The largest absolute Gasteiger partial charge is 0.469 e. The van der Waals surface area contributed by atoms with Crippen LogP contribution in [0.1, 0.15) is 42.5 Å². The molecule has 1 aliphatic rings. The molecule has 1 fully saturated rings. The average molecular weight is 550 g/mol. The number of hydrogen-bond acceptors (Lipinski definition) is 5. The van der Waals surface area contributed by atoms with E-state index in [0.29, 0.717) is 38.5 Å². The lowest BCUT2D eigenvalue weighted by molar-refractivity contribution is -0.141. The zero-order chi connectivity index (χ0) is 28.6. The minimum Gasteiger partial charge on any atom is -0.469 e. The Hall–Kier alpha value is -3.73. The van der Waals surface area contributed by atoms with Gasteiger partial charge in [0.15, 0.2) is 0 Å². The first-order valence-corrected chi connectivity index (χ1v) is 12.5. The highest BCUT2D eigenvalue weighted by Crippen LogP contribution is 2.31. The normalized spacial score (nSPS) is 18.3. The van der Waals surface area contributed by atoms with E-state index in [0.717, 1.165) is 29.8 Å². The second kappa shape index (κ2) is 13.4. The number of esters is 1. The maximum Gasteiger partial charge on any atom is 0.416 e. The number of ether oxygens (including phenoxy) is 1. The molecular formula is C28H31F4N3O4. The van der Waals surface area contributed by atoms with Gasteiger partial charge in [0.1, 0.15) is 5.82 Å². The highest BCUT2D eigenvalue weighted by molar-refractivity contribution is 5.94. The topological polar surface area (TPSA) is 79.0 Å². The molecule has 0 aromatic heterocycles. The molecule has 0 aliphatic carbocycles. The predicted molar refractivity (Wildman–Crippen MR) is 137 cm³/mol. The van der Waals surface area contributed by atoms with E-state index in [4.69, 9.17) is 4.74 Å². The number of amides is 2. The number of rotatable bonds is 9. The van der Waals surface area contributed by atoms with Gasteiger partial charge >= 0.3 is 12.1 Å². The molecule has 1 N–H and O–H groups in total. The van der Waals surface area contributed by atoms with Crippen LogP contribution in [0.2, 0.25) is 0 Å². The molecule has 11 heteroatoms. The van der Waals surface area contributed by atoms with E-state index >= 15 is 0 Å². The third kappa shape index (κ3) is 8.38. The van der Waals surface area contributed by atoms with E-state index in [-0.39, 0.29) is 36.1 Å². The Labute approximate surface area is 224 Å². The third-order valence-corrected chi connectivity index (χ3v) is 6.48. The summed E-state index contributed by atoms with van der Waals surface area (Å²) in [7, 11) is 1.35. The van der Waals surface area contributed by atoms with Gasteiger partial charge in [-0.1, -0.05) is 36.4 Å². The van der Waals surface area contributed by atoms with Gasteiger partial charge < -0.3 is 15.0 Å². The van der Waals surface area contributed by atoms with Crippen LogP contribution in [0.3, 0.4) is 0 Å². The zero-order valence-electron chi connectivity index (χ0n) is 21.7. The quantitative estimate of drug-likeness (QED) is 0.288. The van der Waals surface area contributed by atoms with Crippen molar-refractivity contribution in [2.75, 3.05) is 33.3 Å². The summed E-state index contributed by atoms with van der Waals surface area (Å²) in [4.78, 5) is 40.9. The van der Waals surface area contributed by atoms with Gasteiger partial charge in [0.05, 0.1) is 25.3 Å². The van der Waals surface area contributed by atoms with Gasteiger partial charge in [-0.25, -0.2) is 4.39 Å². The van der Waals surface area contributed by atoms with Crippen LogP contribution in [0.25, 0.3) is 6.08 Å². The fraction of sp³-hybridized carbons (Fsp3) is 0.393. The summed E-state index contributed by atoms with van der Waals surface area (Å²) in [6.45, 7) is 3.39. The van der Waals surface area contributed by atoms with E-state index in [1.165, 1.54) is 7.11 Å². The fourth-order valence-corrected chi connectivity index (χ4v) is 4.59. The van der Waals surface area contributed by atoms with Gasteiger partial charge in [-0.05, 0) is 43.7 Å². The molecule has 0 radical (unpaired) electrons. The lowest BCUT2D eigenvalue weighted by Gasteiger charge is -2.46. The van der Waals surface area contributed by atoms with Gasteiger partial charge in [-0.15, -0.1) is 0 Å². The number of hydrogen-bond donors (Lipinski definition) is 1. The second-order valence-electron chi connectivity index (χ2n) is 9.30. The van der Waals surface area contributed by atoms with Crippen molar-refractivity contribution in [3.63, 3.8) is 0 Å². The number of alkyl halides is 3. The smallest absolute Gasteiger partial charge is 0.416 e. The number of nitrogens with one attached hydrogen (secondary N) is 1. The lowest BCUT2D eigenvalue weighted by Crippen LogP contribution is -2.57. The molecule has 0 unspecified atom stereocenters. The van der Waals surface area contributed by atoms with Crippen LogP contribution >= 0.6 is 0 Å². The molecule has 1 saturated heterocycles. The average Bonchev–Trinajstić information content (AvgIpc) is 2.90. The predicted octanol–water partition coefficient (Wildman–Crippen LogP) is 4.20. The van der Waals surface area contributed by atoms with Gasteiger partial charge in [0, 0.05) is 37.2 Å². The summed E-state index contributed by atoms with van der Waals surface area (Å²) in [5.74, 6) is -2.39. The molecule has 3 rings (SSSR count). The molecule has 210 valence electrons. The second-order valence-corrected chi connectivity index (χ2v) is 9.30. The molecule has 2 aromatic carbocycles. The number of benzene rings is 2. The molecule has 0 bridgehead atoms. The number of carbonyl (C=O) groups is 3. The maximum absolute atomic E-state index is 14.0. The van der Waals surface area contributed by atoms with E-state index < -0.39 is 23.5 Å². The Kier molecular flexibility index (Phi) is 10.2. The van der Waals surface area contributed by atoms with Crippen LogP contribution in [0.5, 0.6) is 0 Å². The van der Waals surface area contributed by atoms with Crippen LogP contribution in [0, 0.1) is 5.82 Å². The van der Waals surface area contributed by atoms with Crippen molar-refractivity contribution in [1.29, 1.82) is 0 Å². The zero-order valence-corrected chi connectivity index (χ0v) is 21.7. The summed E-state index contributed by atoms with van der Waals surface area (Å²) in [5.41, 5.74) is -0.386. The van der Waals surface area contributed by atoms with Crippen molar-refractivity contribution < 1.29 is 36.7 Å². The number of nitrogens with zero attached hydrogens (tertiary/aromatic N) is 2. The van der Waals surface area contributed by atoms with Crippen LogP contribution in [-0.4, -0.2) is 66.9 Å². The van der Waals surface area contributed by atoms with E-state index in [1.54, 1.807) is 4.90 Å². The summed E-state index contributed by atoms with van der Waals surface area (Å²) < 4.78 is 56.9. The molecule has 2 atom stereocenters. The van der Waals surface area contributed by atoms with Crippen LogP contribution in [0.15, 0.2) is 54.6 Å². The molecule has 7 nitrogen and oxygen atoms in total. The van der Waals surface area contributed by atoms with Crippen molar-refractivity contribution >= 4 is 23.9 Å². The number of halogens is 4. The lowest BCUT2D eigenvalue weighted by atomic mass is 9.98. The van der Waals surface area contributed by atoms with Crippen LogP contribution in [0.4, 0.5) is 17.6 Å². The Balaban J connectivity index is 1.64. The number of carbonyl (C=O) groups excluding carboxylic acids is 3. The standard InChI is InChI=1S/C28H31F4N3O4/c1-19-17-34(14-6-9-27(38)39-2)18-24(21-7-4-3-5-8-21)35(19)26(37)16-33-25(36)13-11-20-10-12-22(15-23(20)29)28(30,31)32/h3-5,7-8,10-13,15,19,24H,6,9,14,16-18H2,1-2H3,(H,33,36)/b13-11+/t19-,24+/m0/s1. The Morgan fingerprint density at radius 2 is 1.82 bits per heavy atom. The van der Waals surface area contributed by atoms with Crippen molar-refractivity contribution in [2.45, 2.75) is 38.0 Å². The van der Waals surface area contributed by atoms with Gasteiger partial charge in [-0.2, -0.15) is 13.2 Å². The van der Waals surface area contributed by atoms with Gasteiger partial charge in [0.25, 0.3) is 0 Å². The van der Waals surface area contributed by atoms with Gasteiger partial charge in [0.2, 0.25) is 11.8 Å². The Bertz CT molecular complexity index is 1190. The SMILES string of the molecule is COC(=O)CCCN1C[C@H](c2ccccc2)N(C(=O)CNC(=O)/C=C/c2ccc(C(F)(F)F)cc2F)[C@@H](C)C1. The number of piperazine rings is 1. The fourth-order valence-electron chi connectivity index (χ4n) is 4.59. The van der Waals surface area contributed by atoms with Crippen molar-refractivity contribution in [3.05, 3.63) is 77.1 Å². The van der Waals surface area contributed by atoms with Crippen LogP contribution in [-0.2, 0) is 25.3 Å². The van der Waals surface area contributed by atoms with E-state index in [1.807, 2.05) is 37.3 Å². The van der Waals surface area contributed by atoms with E-state index in [2.05, 4.69) is 10.2 Å². The van der Waals surface area contributed by atoms with Crippen molar-refractivity contribution in [1.82, 2.24) is 15.1 Å². The molecule has 2 amide bonds. The third-order valence-electron chi connectivity index (χ3n) is 6.48. The molecule has 39 heavy (non-hydrogen) atoms. The first-order chi connectivity index (χ1) is 18.5. The molecule has 0 saturated carbocycles. The molecular weight excluding hydrogens is 518 g/mol. The summed E-state index contributed by atoms with van der Waals surface area (Å²) in [6, 6.07) is 11.0. The molecule has 1 heterocycles. The summed E-state index contributed by atoms with van der Waals surface area (Å²) >= 11 is 0. The molecule has 0 spiro atoms.